The van der Waals surface area contributed by atoms with Crippen molar-refractivity contribution in [1.29, 1.82) is 5.26 Å². The van der Waals surface area contributed by atoms with Crippen molar-refractivity contribution in [3.8, 4) is 6.07 Å². The van der Waals surface area contributed by atoms with Crippen molar-refractivity contribution >= 4 is 27.5 Å². The second kappa shape index (κ2) is 4.67. The number of halogens is 4. The van der Waals surface area contributed by atoms with Crippen molar-refractivity contribution < 1.29 is 8.78 Å². The molecule has 0 amide bonds. The summed E-state index contributed by atoms with van der Waals surface area (Å²) in [6.45, 7) is 0. The lowest BCUT2D eigenvalue weighted by Gasteiger charge is -2.06. The second-order valence-corrected chi connectivity index (χ2v) is 3.62. The molecule has 0 aromatic carbocycles. The molecule has 0 saturated carbocycles. The van der Waals surface area contributed by atoms with Crippen LogP contribution in [0.15, 0.2) is 10.7 Å². The summed E-state index contributed by atoms with van der Waals surface area (Å²) in [5, 5.41) is 8.28. The highest BCUT2D eigenvalue weighted by molar-refractivity contribution is 9.10. The largest absolute Gasteiger partial charge is 0.265 e. The lowest BCUT2D eigenvalue weighted by molar-refractivity contribution is 0.151. The minimum atomic E-state index is -2.67. The van der Waals surface area contributed by atoms with Gasteiger partial charge in [0, 0.05) is 5.56 Å². The first kappa shape index (κ1) is 11.3. The van der Waals surface area contributed by atoms with Gasteiger partial charge in [-0.3, -0.25) is 0 Å². The Kier molecular flexibility index (Phi) is 3.78. The quantitative estimate of drug-likeness (QED) is 0.778. The van der Waals surface area contributed by atoms with Gasteiger partial charge in [-0.25, -0.2) is 13.8 Å². The van der Waals surface area contributed by atoms with Crippen LogP contribution in [0.4, 0.5) is 8.78 Å². The molecule has 0 spiro atoms. The van der Waals surface area contributed by atoms with Gasteiger partial charge >= 0.3 is 0 Å². The lowest BCUT2D eigenvalue weighted by Crippen LogP contribution is -1.96. The summed E-state index contributed by atoms with van der Waals surface area (Å²) < 4.78 is 25.1. The molecule has 0 unspecified atom stereocenters. The van der Waals surface area contributed by atoms with Crippen LogP contribution in [0.25, 0.3) is 0 Å². The van der Waals surface area contributed by atoms with E-state index in [1.807, 2.05) is 0 Å². The van der Waals surface area contributed by atoms with Crippen molar-refractivity contribution in [3.05, 3.63) is 26.9 Å². The normalized spacial score (nSPS) is 10.3. The molecular weight excluding hydrogens is 277 g/mol. The zero-order valence-corrected chi connectivity index (χ0v) is 9.11. The average molecular weight is 281 g/mol. The van der Waals surface area contributed by atoms with E-state index in [9.17, 15) is 8.78 Å². The van der Waals surface area contributed by atoms with Gasteiger partial charge in [0.1, 0.15) is 4.60 Å². The lowest BCUT2D eigenvalue weighted by atomic mass is 10.2. The molecular formula is C8H4BrClF2N2. The number of nitrogens with zero attached hydrogens (tertiary/aromatic N) is 2. The highest BCUT2D eigenvalue weighted by atomic mass is 79.9. The van der Waals surface area contributed by atoms with Gasteiger partial charge in [0.15, 0.2) is 0 Å². The number of hydrogen-bond acceptors (Lipinski definition) is 2. The number of alkyl halides is 2. The number of aromatic nitrogens is 1. The molecule has 0 N–H and O–H groups in total. The molecule has 1 rings (SSSR count). The van der Waals surface area contributed by atoms with Crippen LogP contribution in [0.2, 0.25) is 5.02 Å². The number of hydrogen-bond donors (Lipinski definition) is 0. The Hall–Kier alpha value is -0.730. The number of rotatable bonds is 2. The maximum atomic E-state index is 12.4. The Morgan fingerprint density at radius 1 is 1.64 bits per heavy atom. The van der Waals surface area contributed by atoms with E-state index in [0.717, 1.165) is 6.07 Å². The fraction of sp³-hybridized carbons (Fsp3) is 0.250. The first-order valence-electron chi connectivity index (χ1n) is 3.56. The maximum Gasteiger partial charge on any atom is 0.265 e. The van der Waals surface area contributed by atoms with E-state index in [1.165, 1.54) is 0 Å². The Bertz CT molecular complexity index is 390. The van der Waals surface area contributed by atoms with Crippen molar-refractivity contribution in [1.82, 2.24) is 4.98 Å². The predicted octanol–water partition coefficient (Wildman–Crippen LogP) is 3.50. The predicted molar refractivity (Wildman–Crippen MR) is 51.2 cm³/mol. The van der Waals surface area contributed by atoms with Crippen LogP contribution in [0.3, 0.4) is 0 Å². The zero-order chi connectivity index (χ0) is 10.7. The summed E-state index contributed by atoms with van der Waals surface area (Å²) >= 11 is 8.61. The minimum absolute atomic E-state index is 0.0853. The van der Waals surface area contributed by atoms with Crippen molar-refractivity contribution in [2.75, 3.05) is 0 Å². The fourth-order valence-electron chi connectivity index (χ4n) is 0.919. The standard InChI is InChI=1S/C8H4BrClF2N2/c9-6-3-4(8(11)12)7(10)5(14-6)1-2-13/h3,8H,1H2. The second-order valence-electron chi connectivity index (χ2n) is 2.43. The third-order valence-corrected chi connectivity index (χ3v) is 2.35. The first-order valence-corrected chi connectivity index (χ1v) is 4.73. The molecule has 0 saturated heterocycles. The van der Waals surface area contributed by atoms with E-state index in [-0.39, 0.29) is 27.3 Å². The average Bonchev–Trinajstić information content (AvgIpc) is 2.10. The van der Waals surface area contributed by atoms with Gasteiger partial charge in [-0.2, -0.15) is 5.26 Å². The topological polar surface area (TPSA) is 36.7 Å². The van der Waals surface area contributed by atoms with Gasteiger partial charge in [-0.15, -0.1) is 0 Å². The summed E-state index contributed by atoms with van der Waals surface area (Å²) in [5.41, 5.74) is -0.141. The van der Waals surface area contributed by atoms with Crippen LogP contribution in [0.1, 0.15) is 17.7 Å². The molecule has 74 valence electrons. The van der Waals surface area contributed by atoms with Gasteiger partial charge in [0.25, 0.3) is 6.43 Å². The number of pyridine rings is 1. The van der Waals surface area contributed by atoms with Crippen LogP contribution >= 0.6 is 27.5 Å². The molecule has 0 radical (unpaired) electrons. The zero-order valence-electron chi connectivity index (χ0n) is 6.77. The molecule has 0 atom stereocenters. The van der Waals surface area contributed by atoms with Crippen LogP contribution in [0.5, 0.6) is 0 Å². The van der Waals surface area contributed by atoms with E-state index in [4.69, 9.17) is 16.9 Å². The van der Waals surface area contributed by atoms with E-state index in [1.54, 1.807) is 6.07 Å². The monoisotopic (exact) mass is 280 g/mol. The molecule has 1 aromatic rings. The molecule has 0 aliphatic carbocycles. The van der Waals surface area contributed by atoms with Crippen LogP contribution in [-0.4, -0.2) is 4.98 Å². The Morgan fingerprint density at radius 2 is 2.29 bits per heavy atom. The molecule has 6 heteroatoms. The SMILES string of the molecule is N#CCc1nc(Br)cc(C(F)F)c1Cl. The molecule has 1 heterocycles. The molecule has 0 aliphatic heterocycles. The summed E-state index contributed by atoms with van der Waals surface area (Å²) in [6.07, 6.45) is -2.75. The molecule has 0 bridgehead atoms. The summed E-state index contributed by atoms with van der Waals surface area (Å²) in [4.78, 5) is 3.83. The summed E-state index contributed by atoms with van der Waals surface area (Å²) in [5.74, 6) is 0. The molecule has 1 aromatic heterocycles. The minimum Gasteiger partial charge on any atom is -0.243 e. The molecule has 14 heavy (non-hydrogen) atoms. The molecule has 0 aliphatic rings. The fourth-order valence-corrected chi connectivity index (χ4v) is 1.63. The van der Waals surface area contributed by atoms with Gasteiger partial charge < -0.3 is 0 Å². The van der Waals surface area contributed by atoms with Gasteiger partial charge in [0.05, 0.1) is 23.2 Å². The third kappa shape index (κ3) is 2.40. The van der Waals surface area contributed by atoms with E-state index >= 15 is 0 Å². The van der Waals surface area contributed by atoms with Crippen molar-refractivity contribution in [2.24, 2.45) is 0 Å². The Morgan fingerprint density at radius 3 is 2.79 bits per heavy atom. The van der Waals surface area contributed by atoms with Crippen LogP contribution in [-0.2, 0) is 6.42 Å². The van der Waals surface area contributed by atoms with Crippen molar-refractivity contribution in [2.45, 2.75) is 12.8 Å². The Labute approximate surface area is 92.6 Å². The summed E-state index contributed by atoms with van der Waals surface area (Å²) in [7, 11) is 0. The highest BCUT2D eigenvalue weighted by Crippen LogP contribution is 2.31. The van der Waals surface area contributed by atoms with Crippen LogP contribution in [0, 0.1) is 11.3 Å². The van der Waals surface area contributed by atoms with Gasteiger partial charge in [-0.1, -0.05) is 11.6 Å². The van der Waals surface area contributed by atoms with E-state index in [2.05, 4.69) is 20.9 Å². The first-order chi connectivity index (χ1) is 6.56. The Balaban J connectivity index is 3.26. The van der Waals surface area contributed by atoms with E-state index in [0.29, 0.717) is 0 Å². The third-order valence-electron chi connectivity index (χ3n) is 1.50. The smallest absolute Gasteiger partial charge is 0.243 e. The maximum absolute atomic E-state index is 12.4. The molecule has 2 nitrogen and oxygen atoms in total. The van der Waals surface area contributed by atoms with E-state index < -0.39 is 6.43 Å². The van der Waals surface area contributed by atoms with Gasteiger partial charge in [0.2, 0.25) is 0 Å². The van der Waals surface area contributed by atoms with Gasteiger partial charge in [-0.05, 0) is 22.0 Å². The highest BCUT2D eigenvalue weighted by Gasteiger charge is 2.16. The summed E-state index contributed by atoms with van der Waals surface area (Å²) in [6, 6.07) is 2.95. The van der Waals surface area contributed by atoms with Crippen molar-refractivity contribution in [3.63, 3.8) is 0 Å². The van der Waals surface area contributed by atoms with Crippen LogP contribution < -0.4 is 0 Å². The molecule has 0 fully saturated rings. The number of nitriles is 1.